The minimum Gasteiger partial charge on any atom is -0.379 e. The number of thiazole rings is 1. The summed E-state index contributed by atoms with van der Waals surface area (Å²) in [4.78, 5) is 16.4. The highest BCUT2D eigenvalue weighted by molar-refractivity contribution is 7.11. The maximum absolute atomic E-state index is 11.9. The molecule has 1 N–H and O–H groups in total. The quantitative estimate of drug-likeness (QED) is 0.875. The molecule has 5 nitrogen and oxygen atoms in total. The van der Waals surface area contributed by atoms with Crippen molar-refractivity contribution in [3.05, 3.63) is 16.6 Å². The number of nitrogens with zero attached hydrogens (tertiary/aromatic N) is 1. The smallest absolute Gasteiger partial charge is 0.263 e. The van der Waals surface area contributed by atoms with Gasteiger partial charge < -0.3 is 14.8 Å². The molecule has 1 aromatic rings. The van der Waals surface area contributed by atoms with Gasteiger partial charge in [-0.2, -0.15) is 0 Å². The van der Waals surface area contributed by atoms with Crippen LogP contribution in [0.3, 0.4) is 0 Å². The first-order valence-electron chi connectivity index (χ1n) is 5.70. The van der Waals surface area contributed by atoms with Crippen molar-refractivity contribution in [1.82, 2.24) is 10.3 Å². The molecule has 0 radical (unpaired) electrons. The minimum absolute atomic E-state index is 0.0262. The molecular weight excluding hydrogens is 240 g/mol. The van der Waals surface area contributed by atoms with E-state index in [9.17, 15) is 4.79 Å². The molecule has 1 aromatic heterocycles. The molecule has 1 aliphatic rings. The van der Waals surface area contributed by atoms with Crippen LogP contribution >= 0.6 is 11.3 Å². The third kappa shape index (κ3) is 3.24. The number of aromatic nitrogens is 1. The molecule has 2 rings (SSSR count). The lowest BCUT2D eigenvalue weighted by atomic mass is 10.1. The van der Waals surface area contributed by atoms with Crippen LogP contribution < -0.4 is 5.32 Å². The van der Waals surface area contributed by atoms with Crippen molar-refractivity contribution in [2.45, 2.75) is 25.5 Å². The summed E-state index contributed by atoms with van der Waals surface area (Å²) in [5.41, 5.74) is 1.65. The molecule has 0 saturated carbocycles. The van der Waals surface area contributed by atoms with Crippen molar-refractivity contribution in [2.75, 3.05) is 19.8 Å². The Balaban J connectivity index is 1.93. The molecule has 6 heteroatoms. The highest BCUT2D eigenvalue weighted by atomic mass is 32.1. The van der Waals surface area contributed by atoms with Gasteiger partial charge >= 0.3 is 0 Å². The molecular formula is C11H16N2O3S. The standard InChI is InChI=1S/C11H16N2O3S/c1-2-16-9-6-15-4-3-8(9)13-11(14)10-5-12-7-17-10/h5,7-9H,2-4,6H2,1H3,(H,13,14). The number of hydrogen-bond acceptors (Lipinski definition) is 5. The van der Waals surface area contributed by atoms with Crippen LogP contribution in [0.15, 0.2) is 11.7 Å². The van der Waals surface area contributed by atoms with Gasteiger partial charge in [-0.15, -0.1) is 11.3 Å². The van der Waals surface area contributed by atoms with Gasteiger partial charge in [0, 0.05) is 13.2 Å². The van der Waals surface area contributed by atoms with Gasteiger partial charge in [0.25, 0.3) is 5.91 Å². The number of carbonyl (C=O) groups is 1. The molecule has 0 bridgehead atoms. The van der Waals surface area contributed by atoms with Crippen LogP contribution in [0.4, 0.5) is 0 Å². The molecule has 1 fully saturated rings. The van der Waals surface area contributed by atoms with E-state index in [0.717, 1.165) is 6.42 Å². The summed E-state index contributed by atoms with van der Waals surface area (Å²) >= 11 is 1.34. The van der Waals surface area contributed by atoms with Crippen molar-refractivity contribution in [3.8, 4) is 0 Å². The number of amides is 1. The Labute approximate surface area is 104 Å². The Morgan fingerprint density at radius 3 is 3.35 bits per heavy atom. The largest absolute Gasteiger partial charge is 0.379 e. The van der Waals surface area contributed by atoms with E-state index in [1.165, 1.54) is 11.3 Å². The second-order valence-electron chi connectivity index (χ2n) is 3.80. The van der Waals surface area contributed by atoms with Crippen molar-refractivity contribution >= 4 is 17.2 Å². The third-order valence-electron chi connectivity index (χ3n) is 2.66. The molecule has 2 heterocycles. The Morgan fingerprint density at radius 2 is 2.65 bits per heavy atom. The Bertz CT molecular complexity index is 354. The van der Waals surface area contributed by atoms with Crippen LogP contribution in [0.1, 0.15) is 23.0 Å². The van der Waals surface area contributed by atoms with Gasteiger partial charge in [0.15, 0.2) is 0 Å². The van der Waals surface area contributed by atoms with E-state index in [-0.39, 0.29) is 18.1 Å². The van der Waals surface area contributed by atoms with Gasteiger partial charge in [0.1, 0.15) is 11.0 Å². The fourth-order valence-electron chi connectivity index (χ4n) is 1.82. The van der Waals surface area contributed by atoms with E-state index in [0.29, 0.717) is 24.7 Å². The number of carbonyl (C=O) groups excluding carboxylic acids is 1. The molecule has 2 atom stereocenters. The lowest BCUT2D eigenvalue weighted by Gasteiger charge is -2.31. The lowest BCUT2D eigenvalue weighted by molar-refractivity contribution is -0.0632. The fraction of sp³-hybridized carbons (Fsp3) is 0.636. The number of nitrogens with one attached hydrogen (secondary N) is 1. The zero-order valence-electron chi connectivity index (χ0n) is 9.72. The zero-order valence-corrected chi connectivity index (χ0v) is 10.5. The molecule has 0 aromatic carbocycles. The minimum atomic E-state index is -0.0795. The summed E-state index contributed by atoms with van der Waals surface area (Å²) in [5.74, 6) is -0.0795. The Morgan fingerprint density at radius 1 is 1.76 bits per heavy atom. The Kier molecular flexibility index (Phi) is 4.47. The van der Waals surface area contributed by atoms with Crippen molar-refractivity contribution in [1.29, 1.82) is 0 Å². The van der Waals surface area contributed by atoms with Crippen LogP contribution in [0.2, 0.25) is 0 Å². The highest BCUT2D eigenvalue weighted by Gasteiger charge is 2.28. The molecule has 0 aliphatic carbocycles. The molecule has 94 valence electrons. The number of hydrogen-bond donors (Lipinski definition) is 1. The molecule has 1 amide bonds. The summed E-state index contributed by atoms with van der Waals surface area (Å²) < 4.78 is 10.9. The monoisotopic (exact) mass is 256 g/mol. The van der Waals surface area contributed by atoms with Crippen molar-refractivity contribution in [2.24, 2.45) is 0 Å². The van der Waals surface area contributed by atoms with Crippen LogP contribution in [0.5, 0.6) is 0 Å². The molecule has 1 aliphatic heterocycles. The van der Waals surface area contributed by atoms with Gasteiger partial charge in [0.2, 0.25) is 0 Å². The maximum atomic E-state index is 11.9. The summed E-state index contributed by atoms with van der Waals surface area (Å²) in [7, 11) is 0. The first-order valence-corrected chi connectivity index (χ1v) is 6.58. The van der Waals surface area contributed by atoms with Crippen LogP contribution in [-0.2, 0) is 9.47 Å². The molecule has 0 spiro atoms. The van der Waals surface area contributed by atoms with E-state index >= 15 is 0 Å². The van der Waals surface area contributed by atoms with E-state index < -0.39 is 0 Å². The van der Waals surface area contributed by atoms with Gasteiger partial charge in [-0.3, -0.25) is 9.78 Å². The van der Waals surface area contributed by atoms with Crippen molar-refractivity contribution < 1.29 is 14.3 Å². The first kappa shape index (κ1) is 12.5. The molecule has 2 unspecified atom stereocenters. The summed E-state index contributed by atoms with van der Waals surface area (Å²) in [5, 5.41) is 2.98. The summed E-state index contributed by atoms with van der Waals surface area (Å²) in [6.07, 6.45) is 2.31. The topological polar surface area (TPSA) is 60.5 Å². The average molecular weight is 256 g/mol. The number of ether oxygens (including phenoxy) is 2. The Hall–Kier alpha value is -0.980. The molecule has 1 saturated heterocycles. The van der Waals surface area contributed by atoms with Crippen LogP contribution in [0.25, 0.3) is 0 Å². The van der Waals surface area contributed by atoms with Gasteiger partial charge in [0.05, 0.1) is 24.4 Å². The first-order chi connectivity index (χ1) is 8.31. The van der Waals surface area contributed by atoms with E-state index in [2.05, 4.69) is 10.3 Å². The van der Waals surface area contributed by atoms with Crippen LogP contribution in [-0.4, -0.2) is 42.9 Å². The van der Waals surface area contributed by atoms with Crippen LogP contribution in [0, 0.1) is 0 Å². The maximum Gasteiger partial charge on any atom is 0.263 e. The second kappa shape index (κ2) is 6.09. The van der Waals surface area contributed by atoms with Gasteiger partial charge in [-0.05, 0) is 13.3 Å². The predicted molar refractivity (Wildman–Crippen MR) is 64.2 cm³/mol. The lowest BCUT2D eigenvalue weighted by Crippen LogP contribution is -2.49. The second-order valence-corrected chi connectivity index (χ2v) is 4.69. The molecule has 17 heavy (non-hydrogen) atoms. The van der Waals surface area contributed by atoms with Gasteiger partial charge in [-0.1, -0.05) is 0 Å². The average Bonchev–Trinajstić information content (AvgIpc) is 2.85. The van der Waals surface area contributed by atoms with E-state index in [1.54, 1.807) is 11.7 Å². The summed E-state index contributed by atoms with van der Waals surface area (Å²) in [6, 6.07) is 0.0262. The fourth-order valence-corrected chi connectivity index (χ4v) is 2.35. The predicted octanol–water partition coefficient (Wildman–Crippen LogP) is 1.07. The zero-order chi connectivity index (χ0) is 12.1. The van der Waals surface area contributed by atoms with Gasteiger partial charge in [-0.25, -0.2) is 0 Å². The van der Waals surface area contributed by atoms with E-state index in [1.807, 2.05) is 6.92 Å². The van der Waals surface area contributed by atoms with Crippen molar-refractivity contribution in [3.63, 3.8) is 0 Å². The highest BCUT2D eigenvalue weighted by Crippen LogP contribution is 2.13. The normalized spacial score (nSPS) is 24.5. The summed E-state index contributed by atoms with van der Waals surface area (Å²) in [6.45, 7) is 3.77. The third-order valence-corrected chi connectivity index (χ3v) is 3.43. The SMILES string of the molecule is CCOC1COCCC1NC(=O)c1cncs1. The number of rotatable bonds is 4. The van der Waals surface area contributed by atoms with E-state index in [4.69, 9.17) is 9.47 Å².